The fourth-order valence-electron chi connectivity index (χ4n) is 1.78. The predicted molar refractivity (Wildman–Crippen MR) is 78.1 cm³/mol. The Balaban J connectivity index is 2.59. The van der Waals surface area contributed by atoms with Crippen molar-refractivity contribution in [3.63, 3.8) is 0 Å². The standard InChI is InChI=1S/C13H21ClN4O/c1-3-4-5-6-9(2)16-13(19)10-7-11(14)17-12(8-10)18-15/h7-9H,3-6,15H2,1-2H3,(H,16,19)(H,17,18). The molecule has 0 aliphatic heterocycles. The first kappa shape index (κ1) is 15.7. The van der Waals surface area contributed by atoms with Gasteiger partial charge < -0.3 is 10.7 Å². The van der Waals surface area contributed by atoms with E-state index in [0.717, 1.165) is 12.8 Å². The molecular weight excluding hydrogens is 264 g/mol. The van der Waals surface area contributed by atoms with E-state index in [1.165, 1.54) is 18.9 Å². The lowest BCUT2D eigenvalue weighted by atomic mass is 10.1. The van der Waals surface area contributed by atoms with Crippen LogP contribution in [-0.2, 0) is 0 Å². The third-order valence-electron chi connectivity index (χ3n) is 2.82. The van der Waals surface area contributed by atoms with Gasteiger partial charge in [0.2, 0.25) is 0 Å². The first-order valence-electron chi connectivity index (χ1n) is 6.52. The number of nitrogens with one attached hydrogen (secondary N) is 2. The third kappa shape index (κ3) is 5.44. The van der Waals surface area contributed by atoms with Crippen LogP contribution in [0, 0.1) is 0 Å². The van der Waals surface area contributed by atoms with Crippen molar-refractivity contribution in [3.8, 4) is 0 Å². The number of rotatable bonds is 7. The summed E-state index contributed by atoms with van der Waals surface area (Å²) in [5, 5.41) is 3.18. The zero-order chi connectivity index (χ0) is 14.3. The van der Waals surface area contributed by atoms with Gasteiger partial charge in [0.1, 0.15) is 11.0 Å². The Bertz CT molecular complexity index is 425. The van der Waals surface area contributed by atoms with Crippen molar-refractivity contribution in [3.05, 3.63) is 22.8 Å². The van der Waals surface area contributed by atoms with Crippen LogP contribution in [0.4, 0.5) is 5.82 Å². The number of pyridine rings is 1. The molecule has 1 heterocycles. The summed E-state index contributed by atoms with van der Waals surface area (Å²) in [7, 11) is 0. The minimum Gasteiger partial charge on any atom is -0.350 e. The monoisotopic (exact) mass is 284 g/mol. The smallest absolute Gasteiger partial charge is 0.251 e. The largest absolute Gasteiger partial charge is 0.350 e. The van der Waals surface area contributed by atoms with Gasteiger partial charge in [0.15, 0.2) is 0 Å². The van der Waals surface area contributed by atoms with E-state index in [2.05, 4.69) is 22.7 Å². The summed E-state index contributed by atoms with van der Waals surface area (Å²) in [5.41, 5.74) is 2.84. The Morgan fingerprint density at radius 1 is 1.47 bits per heavy atom. The van der Waals surface area contributed by atoms with Gasteiger partial charge in [0.25, 0.3) is 5.91 Å². The number of hydrazine groups is 1. The lowest BCUT2D eigenvalue weighted by Gasteiger charge is -2.14. The van der Waals surface area contributed by atoms with E-state index in [1.54, 1.807) is 6.07 Å². The Hall–Kier alpha value is -1.33. The maximum atomic E-state index is 12.0. The first-order chi connectivity index (χ1) is 9.06. The lowest BCUT2D eigenvalue weighted by Crippen LogP contribution is -2.32. The van der Waals surface area contributed by atoms with Crippen molar-refractivity contribution in [1.29, 1.82) is 0 Å². The maximum Gasteiger partial charge on any atom is 0.251 e. The Labute approximate surface area is 118 Å². The molecule has 6 heteroatoms. The number of anilines is 1. The van der Waals surface area contributed by atoms with Gasteiger partial charge >= 0.3 is 0 Å². The second-order valence-electron chi connectivity index (χ2n) is 4.58. The molecule has 0 radical (unpaired) electrons. The van der Waals surface area contributed by atoms with Gasteiger partial charge in [-0.3, -0.25) is 4.79 Å². The number of nitrogens with zero attached hydrogens (tertiary/aromatic N) is 1. The Kier molecular flexibility index (Phi) is 6.59. The molecule has 0 fully saturated rings. The number of carbonyl (C=O) groups excluding carboxylic acids is 1. The van der Waals surface area contributed by atoms with Crippen molar-refractivity contribution >= 4 is 23.3 Å². The van der Waals surface area contributed by atoms with Gasteiger partial charge in [-0.25, -0.2) is 10.8 Å². The Morgan fingerprint density at radius 2 is 2.21 bits per heavy atom. The average molecular weight is 285 g/mol. The van der Waals surface area contributed by atoms with E-state index >= 15 is 0 Å². The van der Waals surface area contributed by atoms with E-state index in [-0.39, 0.29) is 17.1 Å². The molecule has 1 rings (SSSR count). The summed E-state index contributed by atoms with van der Waals surface area (Å²) >= 11 is 5.83. The van der Waals surface area contributed by atoms with E-state index in [9.17, 15) is 4.79 Å². The van der Waals surface area contributed by atoms with Gasteiger partial charge in [0, 0.05) is 11.6 Å². The van der Waals surface area contributed by atoms with E-state index in [0.29, 0.717) is 11.4 Å². The molecular formula is C13H21ClN4O. The second kappa shape index (κ2) is 7.96. The number of halogens is 1. The van der Waals surface area contributed by atoms with Crippen molar-refractivity contribution in [2.75, 3.05) is 5.43 Å². The number of hydrogen-bond donors (Lipinski definition) is 3. The van der Waals surface area contributed by atoms with Crippen LogP contribution in [0.1, 0.15) is 49.9 Å². The van der Waals surface area contributed by atoms with Crippen molar-refractivity contribution < 1.29 is 4.79 Å². The molecule has 106 valence electrons. The predicted octanol–water partition coefficient (Wildman–Crippen LogP) is 2.72. The summed E-state index contributed by atoms with van der Waals surface area (Å²) in [4.78, 5) is 16.0. The van der Waals surface area contributed by atoms with E-state index < -0.39 is 0 Å². The SMILES string of the molecule is CCCCCC(C)NC(=O)c1cc(Cl)nc(NN)c1. The molecule has 0 bridgehead atoms. The molecule has 1 aromatic heterocycles. The van der Waals surface area contributed by atoms with Gasteiger partial charge in [-0.05, 0) is 25.5 Å². The topological polar surface area (TPSA) is 80.0 Å². The molecule has 4 N–H and O–H groups in total. The first-order valence-corrected chi connectivity index (χ1v) is 6.89. The van der Waals surface area contributed by atoms with Crippen molar-refractivity contribution in [1.82, 2.24) is 10.3 Å². The molecule has 0 spiro atoms. The summed E-state index contributed by atoms with van der Waals surface area (Å²) < 4.78 is 0. The van der Waals surface area contributed by atoms with Crippen LogP contribution < -0.4 is 16.6 Å². The molecule has 0 aliphatic rings. The normalized spacial score (nSPS) is 12.0. The number of nitrogen functional groups attached to an aromatic ring is 1. The molecule has 1 amide bonds. The van der Waals surface area contributed by atoms with Crippen LogP contribution in [-0.4, -0.2) is 16.9 Å². The molecule has 1 atom stereocenters. The fourth-order valence-corrected chi connectivity index (χ4v) is 1.99. The van der Waals surface area contributed by atoms with Crippen LogP contribution >= 0.6 is 11.6 Å². The van der Waals surface area contributed by atoms with E-state index in [4.69, 9.17) is 17.4 Å². The maximum absolute atomic E-state index is 12.0. The van der Waals surface area contributed by atoms with Gasteiger partial charge in [0.05, 0.1) is 0 Å². The van der Waals surface area contributed by atoms with Crippen LogP contribution in [0.25, 0.3) is 0 Å². The summed E-state index contributed by atoms with van der Waals surface area (Å²) in [6.45, 7) is 4.15. The fraction of sp³-hybridized carbons (Fsp3) is 0.538. The number of carbonyl (C=O) groups is 1. The average Bonchev–Trinajstić information content (AvgIpc) is 2.38. The molecule has 5 nitrogen and oxygen atoms in total. The minimum atomic E-state index is -0.162. The quantitative estimate of drug-likeness (QED) is 0.311. The Morgan fingerprint density at radius 3 is 2.84 bits per heavy atom. The number of unbranched alkanes of at least 4 members (excludes halogenated alkanes) is 2. The second-order valence-corrected chi connectivity index (χ2v) is 4.97. The third-order valence-corrected chi connectivity index (χ3v) is 3.02. The highest BCUT2D eigenvalue weighted by Crippen LogP contribution is 2.14. The van der Waals surface area contributed by atoms with Crippen LogP contribution in [0.15, 0.2) is 12.1 Å². The minimum absolute atomic E-state index is 0.139. The zero-order valence-corrected chi connectivity index (χ0v) is 12.1. The summed E-state index contributed by atoms with van der Waals surface area (Å²) in [6.07, 6.45) is 4.44. The van der Waals surface area contributed by atoms with Crippen molar-refractivity contribution in [2.45, 2.75) is 45.6 Å². The molecule has 0 aliphatic carbocycles. The lowest BCUT2D eigenvalue weighted by molar-refractivity contribution is 0.0938. The number of aromatic nitrogens is 1. The van der Waals surface area contributed by atoms with Crippen LogP contribution in [0.2, 0.25) is 5.15 Å². The molecule has 0 aromatic carbocycles. The number of amides is 1. The molecule has 1 unspecified atom stereocenters. The van der Waals surface area contributed by atoms with Crippen LogP contribution in [0.3, 0.4) is 0 Å². The summed E-state index contributed by atoms with van der Waals surface area (Å²) in [5.74, 6) is 5.48. The number of hydrogen-bond acceptors (Lipinski definition) is 4. The zero-order valence-electron chi connectivity index (χ0n) is 11.4. The van der Waals surface area contributed by atoms with Gasteiger partial charge in [-0.2, -0.15) is 0 Å². The van der Waals surface area contributed by atoms with Crippen LogP contribution in [0.5, 0.6) is 0 Å². The van der Waals surface area contributed by atoms with Gasteiger partial charge in [-0.15, -0.1) is 0 Å². The summed E-state index contributed by atoms with van der Waals surface area (Å²) in [6, 6.07) is 3.23. The van der Waals surface area contributed by atoms with Gasteiger partial charge in [-0.1, -0.05) is 37.8 Å². The van der Waals surface area contributed by atoms with Crippen molar-refractivity contribution in [2.24, 2.45) is 5.84 Å². The highest BCUT2D eigenvalue weighted by molar-refractivity contribution is 6.29. The molecule has 0 saturated heterocycles. The highest BCUT2D eigenvalue weighted by atomic mass is 35.5. The molecule has 0 saturated carbocycles. The highest BCUT2D eigenvalue weighted by Gasteiger charge is 2.11. The number of nitrogens with two attached hydrogens (primary N) is 1. The molecule has 19 heavy (non-hydrogen) atoms. The van der Waals surface area contributed by atoms with E-state index in [1.807, 2.05) is 6.92 Å². The molecule has 1 aromatic rings.